The Kier molecular flexibility index (Phi) is 2.89. The van der Waals surface area contributed by atoms with Crippen molar-refractivity contribution in [2.45, 2.75) is 32.6 Å². The molecule has 0 unspecified atom stereocenters. The molecule has 0 aromatic heterocycles. The van der Waals surface area contributed by atoms with E-state index in [-0.39, 0.29) is 11.5 Å². The second-order valence-corrected chi connectivity index (χ2v) is 6.53. The van der Waals surface area contributed by atoms with Gasteiger partial charge in [0, 0.05) is 14.1 Å². The van der Waals surface area contributed by atoms with E-state index in [0.717, 1.165) is 5.69 Å². The van der Waals surface area contributed by atoms with Crippen LogP contribution in [0.1, 0.15) is 20.8 Å². The Morgan fingerprint density at radius 2 is 1.52 bits per heavy atom. The van der Waals surface area contributed by atoms with Crippen LogP contribution in [0.3, 0.4) is 0 Å². The summed E-state index contributed by atoms with van der Waals surface area (Å²) in [4.78, 5) is 0. The predicted molar refractivity (Wildman–Crippen MR) is 80.1 cm³/mol. The number of rotatable bonds is 1. The first-order valence-electron chi connectivity index (χ1n) is 7.04. The van der Waals surface area contributed by atoms with Crippen molar-refractivity contribution < 1.29 is 0 Å². The third-order valence-electron chi connectivity index (χ3n) is 4.02. The lowest BCUT2D eigenvalue weighted by atomic mass is 9.82. The van der Waals surface area contributed by atoms with Crippen LogP contribution in [-0.2, 0) is 0 Å². The lowest BCUT2D eigenvalue weighted by Gasteiger charge is -2.46. The molecule has 0 amide bonds. The van der Waals surface area contributed by atoms with Crippen LogP contribution in [-0.4, -0.2) is 35.9 Å². The lowest BCUT2D eigenvalue weighted by molar-refractivity contribution is -0.0184. The summed E-state index contributed by atoms with van der Waals surface area (Å²) in [7, 11) is 3.83. The molecule has 2 aliphatic heterocycles. The Labute approximate surface area is 124 Å². The van der Waals surface area contributed by atoms with Crippen molar-refractivity contribution in [3.05, 3.63) is 30.3 Å². The third-order valence-corrected chi connectivity index (χ3v) is 4.02. The van der Waals surface area contributed by atoms with Gasteiger partial charge in [0.05, 0.1) is 5.69 Å². The van der Waals surface area contributed by atoms with Crippen LogP contribution in [0.25, 0.3) is 0 Å². The van der Waals surface area contributed by atoms with Crippen molar-refractivity contribution in [3.63, 3.8) is 0 Å². The first-order chi connectivity index (χ1) is 9.88. The molecular weight excluding hydrogens is 266 g/mol. The number of benzene rings is 1. The Bertz CT molecular complexity index is 563. The molecule has 0 radical (unpaired) electrons. The molecule has 1 atom stereocenters. The highest BCUT2D eigenvalue weighted by molar-refractivity contribution is 5.49. The van der Waals surface area contributed by atoms with Crippen LogP contribution >= 0.6 is 0 Å². The first-order valence-corrected chi connectivity index (χ1v) is 7.04. The van der Waals surface area contributed by atoms with Crippen molar-refractivity contribution in [1.82, 2.24) is 10.0 Å². The molecule has 2 heterocycles. The molecule has 1 spiro atoms. The van der Waals surface area contributed by atoms with E-state index in [2.05, 4.69) is 41.6 Å². The fraction of sp³-hybridized carbons (Fsp3) is 0.571. The van der Waals surface area contributed by atoms with Gasteiger partial charge in [-0.1, -0.05) is 44.2 Å². The molecule has 3 rings (SSSR count). The number of para-hydroxylation sites is 1. The molecule has 2 aliphatic rings. The summed E-state index contributed by atoms with van der Waals surface area (Å²) in [5.41, 5.74) is 0.893. The molecule has 0 fully saturated rings. The second-order valence-electron chi connectivity index (χ2n) is 6.53. The Balaban J connectivity index is 2.12. The summed E-state index contributed by atoms with van der Waals surface area (Å²) in [6.45, 7) is 6.48. The van der Waals surface area contributed by atoms with Crippen molar-refractivity contribution in [1.29, 1.82) is 0 Å². The molecule has 21 heavy (non-hydrogen) atoms. The maximum Gasteiger partial charge on any atom is 0.270 e. The zero-order valence-electron chi connectivity index (χ0n) is 13.1. The van der Waals surface area contributed by atoms with E-state index >= 15 is 0 Å². The fourth-order valence-corrected chi connectivity index (χ4v) is 3.02. The quantitative estimate of drug-likeness (QED) is 0.797. The molecule has 1 aromatic rings. The highest BCUT2D eigenvalue weighted by atomic mass is 15.9. The normalized spacial score (nSPS) is 23.7. The Morgan fingerprint density at radius 3 is 2.05 bits per heavy atom. The number of nitrogens with zero attached hydrogens (tertiary/aromatic N) is 7. The van der Waals surface area contributed by atoms with Gasteiger partial charge in [-0.25, -0.2) is 10.0 Å². The van der Waals surface area contributed by atoms with E-state index in [1.54, 1.807) is 0 Å². The van der Waals surface area contributed by atoms with Crippen LogP contribution in [0.15, 0.2) is 51.1 Å². The zero-order chi connectivity index (χ0) is 15.3. The van der Waals surface area contributed by atoms with Gasteiger partial charge in [0.2, 0.25) is 0 Å². The fourth-order valence-electron chi connectivity index (χ4n) is 3.02. The van der Waals surface area contributed by atoms with Gasteiger partial charge >= 0.3 is 0 Å². The van der Waals surface area contributed by atoms with E-state index < -0.39 is 5.79 Å². The van der Waals surface area contributed by atoms with Crippen LogP contribution in [0.2, 0.25) is 0 Å². The monoisotopic (exact) mass is 287 g/mol. The molecule has 0 N–H and O–H groups in total. The van der Waals surface area contributed by atoms with Crippen LogP contribution in [0.5, 0.6) is 0 Å². The molecule has 0 saturated heterocycles. The standard InChI is InChI=1S/C14H21N7/c1-13(2,3)12-14(19(4)17-18-20(14)5)21(16-15-12)11-9-7-6-8-10-11/h6-10,12H,1-5H3/t12-/m0/s1. The molecule has 112 valence electrons. The number of hydrogen-bond acceptors (Lipinski definition) is 7. The van der Waals surface area contributed by atoms with E-state index in [9.17, 15) is 0 Å². The topological polar surface area (TPSA) is 59.2 Å². The summed E-state index contributed by atoms with van der Waals surface area (Å²) >= 11 is 0. The molecule has 0 aliphatic carbocycles. The van der Waals surface area contributed by atoms with E-state index in [0.29, 0.717) is 0 Å². The average molecular weight is 287 g/mol. The highest BCUT2D eigenvalue weighted by Crippen LogP contribution is 2.47. The maximum absolute atomic E-state index is 4.55. The van der Waals surface area contributed by atoms with Gasteiger partial charge < -0.3 is 0 Å². The largest absolute Gasteiger partial charge is 0.270 e. The smallest absolute Gasteiger partial charge is 0.231 e. The third kappa shape index (κ3) is 1.80. The molecule has 1 aromatic carbocycles. The average Bonchev–Trinajstić information content (AvgIpc) is 2.97. The zero-order valence-corrected chi connectivity index (χ0v) is 13.1. The van der Waals surface area contributed by atoms with E-state index in [1.165, 1.54) is 0 Å². The summed E-state index contributed by atoms with van der Waals surface area (Å²) in [5.74, 6) is -0.639. The highest BCUT2D eigenvalue weighted by Gasteiger charge is 2.62. The molecular formula is C14H21N7. The Morgan fingerprint density at radius 1 is 0.952 bits per heavy atom. The molecule has 0 bridgehead atoms. The van der Waals surface area contributed by atoms with Crippen LogP contribution in [0, 0.1) is 5.41 Å². The van der Waals surface area contributed by atoms with Gasteiger partial charge in [-0.15, -0.1) is 0 Å². The number of likely N-dealkylation sites (N-methyl/N-ethyl adjacent to an activating group) is 2. The SMILES string of the molecule is CN1N=NN(C)C12[C@H](C(C)(C)C)N=NN2c1ccccc1. The van der Waals surface area contributed by atoms with Crippen molar-refractivity contribution >= 4 is 5.69 Å². The Hall–Kier alpha value is -2.18. The van der Waals surface area contributed by atoms with Crippen LogP contribution < -0.4 is 5.01 Å². The molecule has 7 heteroatoms. The van der Waals surface area contributed by atoms with Gasteiger partial charge in [-0.3, -0.25) is 0 Å². The van der Waals surface area contributed by atoms with Gasteiger partial charge in [-0.2, -0.15) is 10.1 Å². The summed E-state index contributed by atoms with van der Waals surface area (Å²) < 4.78 is 0. The summed E-state index contributed by atoms with van der Waals surface area (Å²) in [6.07, 6.45) is 0. The number of hydrogen-bond donors (Lipinski definition) is 0. The van der Waals surface area contributed by atoms with Gasteiger partial charge in [0.25, 0.3) is 5.79 Å². The van der Waals surface area contributed by atoms with Crippen molar-refractivity contribution in [2.75, 3.05) is 19.1 Å². The minimum absolute atomic E-state index is 0.0784. The van der Waals surface area contributed by atoms with Gasteiger partial charge in [0.1, 0.15) is 6.04 Å². The first kappa shape index (κ1) is 13.8. The van der Waals surface area contributed by atoms with Crippen molar-refractivity contribution in [3.8, 4) is 0 Å². The van der Waals surface area contributed by atoms with E-state index in [4.69, 9.17) is 0 Å². The van der Waals surface area contributed by atoms with Crippen molar-refractivity contribution in [2.24, 2.45) is 26.2 Å². The lowest BCUT2D eigenvalue weighted by Crippen LogP contribution is -2.67. The molecule has 7 nitrogen and oxygen atoms in total. The van der Waals surface area contributed by atoms with Gasteiger partial charge in [0.15, 0.2) is 0 Å². The van der Waals surface area contributed by atoms with E-state index in [1.807, 2.05) is 59.5 Å². The minimum Gasteiger partial charge on any atom is -0.231 e. The predicted octanol–water partition coefficient (Wildman–Crippen LogP) is 3.10. The van der Waals surface area contributed by atoms with Crippen LogP contribution in [0.4, 0.5) is 5.69 Å². The van der Waals surface area contributed by atoms with Gasteiger partial charge in [-0.05, 0) is 28.0 Å². The maximum atomic E-state index is 4.55. The second kappa shape index (κ2) is 4.41. The summed E-state index contributed by atoms with van der Waals surface area (Å²) in [5, 5.41) is 23.0. The molecule has 0 saturated carbocycles. The number of anilines is 1. The minimum atomic E-state index is -0.639. The summed E-state index contributed by atoms with van der Waals surface area (Å²) in [6, 6.07) is 9.92.